The van der Waals surface area contributed by atoms with Gasteiger partial charge in [0.15, 0.2) is 11.7 Å². The topological polar surface area (TPSA) is 59.6 Å². The number of carbonyl (C=O) groups is 1. The highest BCUT2D eigenvalue weighted by atomic mass is 35.5. The smallest absolute Gasteiger partial charge is 0.264 e. The molecule has 2 aromatic carbocycles. The molecule has 0 aliphatic rings. The second kappa shape index (κ2) is 8.52. The Labute approximate surface area is 150 Å². The Hall–Kier alpha value is -2.31. The van der Waals surface area contributed by atoms with Crippen LogP contribution in [0.3, 0.4) is 0 Å². The number of benzene rings is 2. The van der Waals surface area contributed by atoms with Gasteiger partial charge in [0.2, 0.25) is 0 Å². The van der Waals surface area contributed by atoms with Crippen molar-refractivity contribution in [2.75, 3.05) is 19.0 Å². The molecule has 0 spiro atoms. The van der Waals surface area contributed by atoms with E-state index in [2.05, 4.69) is 10.6 Å². The number of rotatable bonds is 5. The number of nitrogens with one attached hydrogen (secondary N) is 2. The van der Waals surface area contributed by atoms with Crippen molar-refractivity contribution in [2.24, 2.45) is 0 Å². The van der Waals surface area contributed by atoms with Gasteiger partial charge in [-0.15, -0.1) is 0 Å². The summed E-state index contributed by atoms with van der Waals surface area (Å²) < 4.78 is 10.4. The van der Waals surface area contributed by atoms with Gasteiger partial charge in [-0.05, 0) is 61.1 Å². The van der Waals surface area contributed by atoms with Crippen molar-refractivity contribution in [1.82, 2.24) is 5.32 Å². The molecule has 0 saturated carbocycles. The molecule has 2 aromatic rings. The maximum Gasteiger partial charge on any atom is 0.264 e. The van der Waals surface area contributed by atoms with Crippen LogP contribution in [0.2, 0.25) is 5.02 Å². The Morgan fingerprint density at radius 3 is 2.50 bits per heavy atom. The van der Waals surface area contributed by atoms with Crippen LogP contribution in [0.25, 0.3) is 0 Å². The minimum atomic E-state index is -0.358. The lowest BCUT2D eigenvalue weighted by Crippen LogP contribution is -2.37. The van der Waals surface area contributed by atoms with Crippen LogP contribution < -0.4 is 20.1 Å². The number of anilines is 1. The number of ether oxygens (including phenoxy) is 2. The zero-order chi connectivity index (χ0) is 17.5. The van der Waals surface area contributed by atoms with Crippen molar-refractivity contribution in [2.45, 2.75) is 6.92 Å². The van der Waals surface area contributed by atoms with E-state index in [1.807, 2.05) is 13.0 Å². The van der Waals surface area contributed by atoms with Crippen molar-refractivity contribution < 1.29 is 14.3 Å². The van der Waals surface area contributed by atoms with Crippen LogP contribution in [0.5, 0.6) is 11.5 Å². The molecular weight excluding hydrogens is 348 g/mol. The first-order valence-electron chi connectivity index (χ1n) is 7.12. The van der Waals surface area contributed by atoms with E-state index >= 15 is 0 Å². The standard InChI is InChI=1S/C17H17ClN2O3S/c1-11-14(18)4-3-5-15(11)19-17(24)20-16(21)10-23-13-8-6-12(22-2)7-9-13/h3-9H,10H2,1-2H3,(H2,19,20,21,24). The van der Waals surface area contributed by atoms with Gasteiger partial charge in [-0.3, -0.25) is 10.1 Å². The van der Waals surface area contributed by atoms with Gasteiger partial charge in [-0.25, -0.2) is 0 Å². The normalized spacial score (nSPS) is 9.96. The van der Waals surface area contributed by atoms with Crippen molar-refractivity contribution in [1.29, 1.82) is 0 Å². The molecule has 126 valence electrons. The number of methoxy groups -OCH3 is 1. The molecule has 0 aliphatic heterocycles. The SMILES string of the molecule is COc1ccc(OCC(=O)NC(=S)Nc2cccc(Cl)c2C)cc1. The molecule has 0 aromatic heterocycles. The van der Waals surface area contributed by atoms with Crippen LogP contribution in [-0.4, -0.2) is 24.7 Å². The van der Waals surface area contributed by atoms with Crippen LogP contribution in [0, 0.1) is 6.92 Å². The lowest BCUT2D eigenvalue weighted by atomic mass is 10.2. The molecule has 0 heterocycles. The summed E-state index contributed by atoms with van der Waals surface area (Å²) in [5.74, 6) is 0.924. The maximum absolute atomic E-state index is 11.9. The van der Waals surface area contributed by atoms with Gasteiger partial charge in [-0.1, -0.05) is 17.7 Å². The van der Waals surface area contributed by atoms with E-state index < -0.39 is 0 Å². The lowest BCUT2D eigenvalue weighted by molar-refractivity contribution is -0.121. The van der Waals surface area contributed by atoms with E-state index in [1.165, 1.54) is 0 Å². The molecule has 2 N–H and O–H groups in total. The highest BCUT2D eigenvalue weighted by Gasteiger charge is 2.08. The fourth-order valence-corrected chi connectivity index (χ4v) is 2.28. The number of halogens is 1. The van der Waals surface area contributed by atoms with E-state index in [4.69, 9.17) is 33.3 Å². The number of hydrogen-bond acceptors (Lipinski definition) is 4. The second-order valence-electron chi connectivity index (χ2n) is 4.88. The van der Waals surface area contributed by atoms with Crippen LogP contribution in [0.4, 0.5) is 5.69 Å². The molecule has 7 heteroatoms. The summed E-state index contributed by atoms with van der Waals surface area (Å²) in [5.41, 5.74) is 1.59. The number of amides is 1. The Morgan fingerprint density at radius 2 is 1.83 bits per heavy atom. The third-order valence-corrected chi connectivity index (χ3v) is 3.81. The molecule has 0 aliphatic carbocycles. The third-order valence-electron chi connectivity index (χ3n) is 3.20. The van der Waals surface area contributed by atoms with Crippen LogP contribution in [-0.2, 0) is 4.79 Å². The summed E-state index contributed by atoms with van der Waals surface area (Å²) in [6.07, 6.45) is 0. The highest BCUT2D eigenvalue weighted by molar-refractivity contribution is 7.80. The number of hydrogen-bond donors (Lipinski definition) is 2. The molecule has 24 heavy (non-hydrogen) atoms. The van der Waals surface area contributed by atoms with Gasteiger partial charge < -0.3 is 14.8 Å². The van der Waals surface area contributed by atoms with Crippen molar-refractivity contribution in [3.63, 3.8) is 0 Å². The molecule has 2 rings (SSSR count). The quantitative estimate of drug-likeness (QED) is 0.794. The van der Waals surface area contributed by atoms with Crippen molar-refractivity contribution in [3.05, 3.63) is 53.1 Å². The Balaban J connectivity index is 1.83. The van der Waals surface area contributed by atoms with Gasteiger partial charge in [-0.2, -0.15) is 0 Å². The van der Waals surface area contributed by atoms with Gasteiger partial charge in [0.25, 0.3) is 5.91 Å². The second-order valence-corrected chi connectivity index (χ2v) is 5.69. The van der Waals surface area contributed by atoms with Crippen molar-refractivity contribution in [3.8, 4) is 11.5 Å². The first-order valence-corrected chi connectivity index (χ1v) is 7.91. The number of carbonyl (C=O) groups excluding carboxylic acids is 1. The van der Waals surface area contributed by atoms with Gasteiger partial charge >= 0.3 is 0 Å². The summed E-state index contributed by atoms with van der Waals surface area (Å²) in [5, 5.41) is 6.30. The fourth-order valence-electron chi connectivity index (χ4n) is 1.88. The Morgan fingerprint density at radius 1 is 1.17 bits per heavy atom. The Kier molecular flexibility index (Phi) is 6.40. The van der Waals surface area contributed by atoms with E-state index in [1.54, 1.807) is 43.5 Å². The largest absolute Gasteiger partial charge is 0.497 e. The zero-order valence-electron chi connectivity index (χ0n) is 13.3. The summed E-state index contributed by atoms with van der Waals surface area (Å²) >= 11 is 11.2. The van der Waals surface area contributed by atoms with E-state index in [0.29, 0.717) is 16.5 Å². The average molecular weight is 365 g/mol. The number of thiocarbonyl (C=S) groups is 1. The molecule has 0 bridgehead atoms. The molecular formula is C17H17ClN2O3S. The van der Waals surface area contributed by atoms with Crippen LogP contribution >= 0.6 is 23.8 Å². The van der Waals surface area contributed by atoms with Crippen LogP contribution in [0.1, 0.15) is 5.56 Å². The third kappa shape index (κ3) is 5.11. The minimum absolute atomic E-state index is 0.150. The van der Waals surface area contributed by atoms with Crippen LogP contribution in [0.15, 0.2) is 42.5 Å². The average Bonchev–Trinajstić information content (AvgIpc) is 2.57. The first kappa shape index (κ1) is 18.0. The lowest BCUT2D eigenvalue weighted by Gasteiger charge is -2.13. The maximum atomic E-state index is 11.9. The molecule has 1 amide bonds. The van der Waals surface area contributed by atoms with E-state index in [0.717, 1.165) is 11.3 Å². The molecule has 0 radical (unpaired) electrons. The fraction of sp³-hybridized carbons (Fsp3) is 0.176. The highest BCUT2D eigenvalue weighted by Crippen LogP contribution is 2.22. The summed E-state index contributed by atoms with van der Waals surface area (Å²) in [6, 6.07) is 12.4. The van der Waals surface area contributed by atoms with Gasteiger partial charge in [0.1, 0.15) is 11.5 Å². The van der Waals surface area contributed by atoms with E-state index in [9.17, 15) is 4.79 Å². The summed E-state index contributed by atoms with van der Waals surface area (Å²) in [7, 11) is 1.58. The van der Waals surface area contributed by atoms with Crippen molar-refractivity contribution >= 4 is 40.5 Å². The molecule has 5 nitrogen and oxygen atoms in total. The molecule has 0 saturated heterocycles. The minimum Gasteiger partial charge on any atom is -0.497 e. The van der Waals surface area contributed by atoms with E-state index in [-0.39, 0.29) is 17.6 Å². The summed E-state index contributed by atoms with van der Waals surface area (Å²) in [4.78, 5) is 11.9. The molecule has 0 atom stereocenters. The molecule has 0 fully saturated rings. The first-order chi connectivity index (χ1) is 11.5. The monoisotopic (exact) mass is 364 g/mol. The molecule has 0 unspecified atom stereocenters. The Bertz CT molecular complexity index is 735. The van der Waals surface area contributed by atoms with Gasteiger partial charge in [0.05, 0.1) is 7.11 Å². The predicted octanol–water partition coefficient (Wildman–Crippen LogP) is 3.55. The zero-order valence-corrected chi connectivity index (χ0v) is 14.8. The predicted molar refractivity (Wildman–Crippen MR) is 99.0 cm³/mol. The van der Waals surface area contributed by atoms with Gasteiger partial charge in [0, 0.05) is 10.7 Å². The summed E-state index contributed by atoms with van der Waals surface area (Å²) in [6.45, 7) is 1.71.